The summed E-state index contributed by atoms with van der Waals surface area (Å²) in [6, 6.07) is 32.8. The molecular weight excluding hydrogens is 471 g/mol. The van der Waals surface area contributed by atoms with Crippen molar-refractivity contribution in [2.45, 2.75) is 17.6 Å². The van der Waals surface area contributed by atoms with Gasteiger partial charge in [-0.15, -0.1) is 0 Å². The molecule has 1 aliphatic heterocycles. The Bertz CT molecular complexity index is 955. The van der Waals surface area contributed by atoms with E-state index in [2.05, 4.69) is 123 Å². The third-order valence-electron chi connectivity index (χ3n) is 5.76. The molecule has 3 nitrogen and oxygen atoms in total. The van der Waals surface area contributed by atoms with Crippen molar-refractivity contribution < 1.29 is 4.42 Å². The van der Waals surface area contributed by atoms with Crippen molar-refractivity contribution in [3.63, 3.8) is 0 Å². The first-order valence-corrected chi connectivity index (χ1v) is 11.3. The van der Waals surface area contributed by atoms with Crippen molar-refractivity contribution in [2.24, 2.45) is 0 Å². The number of benzene rings is 3. The van der Waals surface area contributed by atoms with Gasteiger partial charge in [0.05, 0.1) is 11.7 Å². The second kappa shape index (κ2) is 7.76. The quantitative estimate of drug-likeness (QED) is 0.147. The highest BCUT2D eigenvalue weighted by molar-refractivity contribution is 14.1. The van der Waals surface area contributed by atoms with Crippen LogP contribution in [0.2, 0.25) is 0 Å². The molecule has 0 radical (unpaired) electrons. The maximum atomic E-state index is 5.77. The average molecular weight is 492 g/mol. The van der Waals surface area contributed by atoms with Crippen LogP contribution in [0.3, 0.4) is 0 Å². The molecule has 5 rings (SSSR count). The summed E-state index contributed by atoms with van der Waals surface area (Å²) >= 11 is 2.48. The van der Waals surface area contributed by atoms with Crippen LogP contribution in [0.1, 0.15) is 28.6 Å². The van der Waals surface area contributed by atoms with E-state index in [1.807, 2.05) is 0 Å². The Hall–Kier alpha value is -2.44. The minimum atomic E-state index is -0.418. The van der Waals surface area contributed by atoms with Gasteiger partial charge in [0.15, 0.2) is 0 Å². The van der Waals surface area contributed by atoms with E-state index in [1.165, 1.54) is 16.7 Å². The Kier molecular flexibility index (Phi) is 4.97. The normalized spacial score (nSPS) is 21.1. The molecule has 29 heavy (non-hydrogen) atoms. The van der Waals surface area contributed by atoms with Crippen molar-refractivity contribution in [3.8, 4) is 0 Å². The zero-order valence-corrected chi connectivity index (χ0v) is 18.0. The third kappa shape index (κ3) is 3.02. The Morgan fingerprint density at radius 3 is 1.66 bits per heavy atom. The highest BCUT2D eigenvalue weighted by atomic mass is 127. The summed E-state index contributed by atoms with van der Waals surface area (Å²) in [5.74, 6) is 0.791. The van der Waals surface area contributed by atoms with Crippen LogP contribution in [0.5, 0.6) is 0 Å². The first-order chi connectivity index (χ1) is 14.4. The molecule has 0 amide bonds. The molecule has 3 atom stereocenters. The number of halogens is 1. The van der Waals surface area contributed by atoms with Crippen LogP contribution in [-0.2, 0) is 5.54 Å². The summed E-state index contributed by atoms with van der Waals surface area (Å²) < 4.78 is 6.77. The zero-order chi connectivity index (χ0) is 19.7. The maximum absolute atomic E-state index is 5.77. The predicted octanol–water partition coefficient (Wildman–Crippen LogP) is 5.83. The Morgan fingerprint density at radius 2 is 1.28 bits per heavy atom. The van der Waals surface area contributed by atoms with E-state index in [0.29, 0.717) is 6.04 Å². The summed E-state index contributed by atoms with van der Waals surface area (Å²) in [5.41, 5.74) is 3.34. The van der Waals surface area contributed by atoms with Crippen molar-refractivity contribution in [1.82, 2.24) is 9.88 Å². The SMILES string of the molecule is IC[C@H]1[C@@H](c2ncco2)N1C(c1ccccc1)(c1ccccc1)c1ccccc1. The van der Waals surface area contributed by atoms with E-state index in [1.54, 1.807) is 12.5 Å². The van der Waals surface area contributed by atoms with Gasteiger partial charge < -0.3 is 4.42 Å². The number of aromatic nitrogens is 1. The largest absolute Gasteiger partial charge is 0.447 e. The molecule has 3 aromatic carbocycles. The molecule has 1 fully saturated rings. The molecule has 4 heteroatoms. The monoisotopic (exact) mass is 492 g/mol. The van der Waals surface area contributed by atoms with Crippen LogP contribution in [0.4, 0.5) is 0 Å². The van der Waals surface area contributed by atoms with E-state index in [4.69, 9.17) is 4.42 Å². The Morgan fingerprint density at radius 1 is 0.793 bits per heavy atom. The van der Waals surface area contributed by atoms with Gasteiger partial charge in [-0.25, -0.2) is 4.98 Å². The highest BCUT2D eigenvalue weighted by Gasteiger charge is 2.62. The number of alkyl halides is 1. The molecule has 4 aromatic rings. The van der Waals surface area contributed by atoms with Crippen LogP contribution in [0.15, 0.2) is 108 Å². The molecule has 1 unspecified atom stereocenters. The maximum Gasteiger partial charge on any atom is 0.213 e. The minimum absolute atomic E-state index is 0.141. The van der Waals surface area contributed by atoms with E-state index >= 15 is 0 Å². The first kappa shape index (κ1) is 18.6. The van der Waals surface area contributed by atoms with Gasteiger partial charge in [0.1, 0.15) is 12.3 Å². The molecule has 2 heterocycles. The van der Waals surface area contributed by atoms with Crippen LogP contribution in [0.25, 0.3) is 0 Å². The topological polar surface area (TPSA) is 29.0 Å². The number of nitrogens with zero attached hydrogens (tertiary/aromatic N) is 2. The molecule has 0 aliphatic carbocycles. The summed E-state index contributed by atoms with van der Waals surface area (Å²) in [7, 11) is 0. The fourth-order valence-electron chi connectivity index (χ4n) is 4.55. The lowest BCUT2D eigenvalue weighted by Gasteiger charge is -2.38. The van der Waals surface area contributed by atoms with Crippen LogP contribution < -0.4 is 0 Å². The summed E-state index contributed by atoms with van der Waals surface area (Å²) in [6.45, 7) is 0. The van der Waals surface area contributed by atoms with Crippen LogP contribution >= 0.6 is 22.6 Å². The second-order valence-electron chi connectivity index (χ2n) is 7.25. The number of hydrogen-bond acceptors (Lipinski definition) is 3. The molecule has 0 N–H and O–H groups in total. The van der Waals surface area contributed by atoms with Gasteiger partial charge in [-0.2, -0.15) is 0 Å². The number of oxazole rings is 1. The molecular formula is C25H21IN2O. The number of rotatable bonds is 6. The van der Waals surface area contributed by atoms with E-state index in [0.717, 1.165) is 10.3 Å². The smallest absolute Gasteiger partial charge is 0.213 e. The Balaban J connectivity index is 1.80. The average Bonchev–Trinajstić information content (AvgIpc) is 3.26. The van der Waals surface area contributed by atoms with Gasteiger partial charge >= 0.3 is 0 Å². The Labute approximate surface area is 184 Å². The second-order valence-corrected chi connectivity index (χ2v) is 8.13. The van der Waals surface area contributed by atoms with Gasteiger partial charge in [0.2, 0.25) is 5.89 Å². The molecule has 1 saturated heterocycles. The third-order valence-corrected chi connectivity index (χ3v) is 6.66. The van der Waals surface area contributed by atoms with Crippen molar-refractivity contribution in [1.29, 1.82) is 0 Å². The van der Waals surface area contributed by atoms with Crippen molar-refractivity contribution in [2.75, 3.05) is 4.43 Å². The highest BCUT2D eigenvalue weighted by Crippen LogP contribution is 2.57. The minimum Gasteiger partial charge on any atom is -0.447 e. The lowest BCUT2D eigenvalue weighted by atomic mass is 9.76. The summed E-state index contributed by atoms with van der Waals surface area (Å²) in [4.78, 5) is 7.07. The summed E-state index contributed by atoms with van der Waals surface area (Å²) in [5, 5.41) is 0. The van der Waals surface area contributed by atoms with Crippen molar-refractivity contribution >= 4 is 22.6 Å². The molecule has 1 aliphatic rings. The van der Waals surface area contributed by atoms with Gasteiger partial charge in [-0.1, -0.05) is 114 Å². The standard InChI is InChI=1S/C25H21IN2O/c26-18-22-23(24-27-16-17-29-24)28(22)25(19-10-4-1-5-11-19,20-12-6-2-7-13-20)21-14-8-3-9-15-21/h1-17,22-23H,18H2/t22-,23-,28?/m0/s1. The van der Waals surface area contributed by atoms with Crippen LogP contribution in [-0.4, -0.2) is 20.4 Å². The molecule has 0 bridgehead atoms. The summed E-state index contributed by atoms with van der Waals surface area (Å²) in [6.07, 6.45) is 3.41. The zero-order valence-electron chi connectivity index (χ0n) is 15.9. The van der Waals surface area contributed by atoms with E-state index in [9.17, 15) is 0 Å². The van der Waals surface area contributed by atoms with Crippen LogP contribution in [0, 0.1) is 0 Å². The van der Waals surface area contributed by atoms with E-state index < -0.39 is 5.54 Å². The predicted molar refractivity (Wildman–Crippen MR) is 123 cm³/mol. The first-order valence-electron chi connectivity index (χ1n) is 9.77. The van der Waals surface area contributed by atoms with Gasteiger partial charge in [-0.3, -0.25) is 4.90 Å². The fraction of sp³-hybridized carbons (Fsp3) is 0.160. The van der Waals surface area contributed by atoms with Gasteiger partial charge in [0, 0.05) is 10.5 Å². The van der Waals surface area contributed by atoms with Crippen molar-refractivity contribution in [3.05, 3.63) is 126 Å². The molecule has 144 valence electrons. The lowest BCUT2D eigenvalue weighted by Crippen LogP contribution is -2.39. The molecule has 0 spiro atoms. The van der Waals surface area contributed by atoms with E-state index in [-0.39, 0.29) is 6.04 Å². The molecule has 0 saturated carbocycles. The molecule has 1 aromatic heterocycles. The lowest BCUT2D eigenvalue weighted by molar-refractivity contribution is 0.293. The fourth-order valence-corrected chi connectivity index (χ4v) is 5.45. The number of hydrogen-bond donors (Lipinski definition) is 0. The van der Waals surface area contributed by atoms with Gasteiger partial charge in [0.25, 0.3) is 0 Å². The van der Waals surface area contributed by atoms with Gasteiger partial charge in [-0.05, 0) is 16.7 Å².